The number of anilines is 1. The Hall–Kier alpha value is -3.37. The van der Waals surface area contributed by atoms with Gasteiger partial charge in [0.1, 0.15) is 22.8 Å². The van der Waals surface area contributed by atoms with Crippen molar-refractivity contribution in [1.82, 2.24) is 4.90 Å². The number of likely N-dealkylation sites (N-methyl/N-ethyl adjacent to an activating group) is 1. The normalized spacial score (nSPS) is 28.6. The predicted octanol–water partition coefficient (Wildman–Crippen LogP) is 0.495. The van der Waals surface area contributed by atoms with Crippen molar-refractivity contribution in [1.29, 1.82) is 0 Å². The molecule has 34 heavy (non-hydrogen) atoms. The number of hydrogen-bond acceptors (Lipinski definition) is 9. The maximum absolute atomic E-state index is 13.6. The summed E-state index contributed by atoms with van der Waals surface area (Å²) in [6.07, 6.45) is 0.323. The molecule has 4 atom stereocenters. The number of aryl methyl sites for hydroxylation is 1. The standard InChI is InChI=1S/C24H29N3O7/c1-9-6-13(26(2)3)11-7-10-8-12-17(27(4)5)20(30)16(23(25)33)22(32)24(12,34)21(31)14(10)19(29)15(11)18(9)28/h6,10,12,17,28,30-31,34H,7-8H2,1-5H3,(H2,25,33)/t10-,12-,17-,24-/m0/s1. The molecule has 0 aromatic heterocycles. The van der Waals surface area contributed by atoms with E-state index in [1.54, 1.807) is 27.1 Å². The van der Waals surface area contributed by atoms with Crippen LogP contribution < -0.4 is 10.6 Å². The van der Waals surface area contributed by atoms with Gasteiger partial charge in [0.15, 0.2) is 11.4 Å². The van der Waals surface area contributed by atoms with E-state index in [0.717, 1.165) is 5.69 Å². The number of carbonyl (C=O) groups is 3. The van der Waals surface area contributed by atoms with Crippen LogP contribution in [0, 0.1) is 18.8 Å². The third kappa shape index (κ3) is 2.91. The van der Waals surface area contributed by atoms with Gasteiger partial charge >= 0.3 is 0 Å². The van der Waals surface area contributed by atoms with Crippen molar-refractivity contribution in [3.8, 4) is 5.75 Å². The molecule has 4 rings (SSSR count). The van der Waals surface area contributed by atoms with E-state index in [2.05, 4.69) is 0 Å². The van der Waals surface area contributed by atoms with E-state index in [1.807, 2.05) is 19.0 Å². The van der Waals surface area contributed by atoms with E-state index in [-0.39, 0.29) is 29.7 Å². The average molecular weight is 472 g/mol. The van der Waals surface area contributed by atoms with Gasteiger partial charge in [-0.05, 0) is 57.0 Å². The van der Waals surface area contributed by atoms with E-state index in [0.29, 0.717) is 11.1 Å². The Labute approximate surface area is 196 Å². The molecule has 0 spiro atoms. The molecule has 0 unspecified atom stereocenters. The first-order chi connectivity index (χ1) is 15.7. The second-order valence-corrected chi connectivity index (χ2v) is 9.77. The first kappa shape index (κ1) is 23.8. The van der Waals surface area contributed by atoms with Gasteiger partial charge in [-0.1, -0.05) is 0 Å². The van der Waals surface area contributed by atoms with E-state index in [1.165, 1.54) is 4.90 Å². The topological polar surface area (TPSA) is 165 Å². The number of benzene rings is 1. The number of allylic oxidation sites excluding steroid dienone is 1. The van der Waals surface area contributed by atoms with Crippen molar-refractivity contribution in [3.05, 3.63) is 45.4 Å². The summed E-state index contributed by atoms with van der Waals surface area (Å²) >= 11 is 0. The van der Waals surface area contributed by atoms with Crippen LogP contribution in [0.4, 0.5) is 5.69 Å². The van der Waals surface area contributed by atoms with Crippen molar-refractivity contribution < 1.29 is 34.8 Å². The van der Waals surface area contributed by atoms with Crippen LogP contribution in [0.25, 0.3) is 0 Å². The molecule has 3 aliphatic carbocycles. The Bertz CT molecular complexity index is 1210. The Morgan fingerprint density at radius 2 is 1.76 bits per heavy atom. The largest absolute Gasteiger partial charge is 0.510 e. The predicted molar refractivity (Wildman–Crippen MR) is 123 cm³/mol. The number of aliphatic hydroxyl groups is 3. The molecule has 0 saturated carbocycles. The highest BCUT2D eigenvalue weighted by Gasteiger charge is 2.63. The maximum Gasteiger partial charge on any atom is 0.255 e. The van der Waals surface area contributed by atoms with Gasteiger partial charge in [0, 0.05) is 31.3 Å². The summed E-state index contributed by atoms with van der Waals surface area (Å²) < 4.78 is 0. The zero-order valence-corrected chi connectivity index (χ0v) is 19.7. The Morgan fingerprint density at radius 3 is 2.29 bits per heavy atom. The van der Waals surface area contributed by atoms with Crippen LogP contribution in [0.2, 0.25) is 0 Å². The molecule has 0 radical (unpaired) electrons. The van der Waals surface area contributed by atoms with Gasteiger partial charge in [-0.3, -0.25) is 19.3 Å². The number of phenols is 1. The lowest BCUT2D eigenvalue weighted by Crippen LogP contribution is -2.63. The Kier molecular flexibility index (Phi) is 5.30. The number of Topliss-reactive ketones (excluding diaryl/α,β-unsaturated/α-hetero) is 2. The monoisotopic (exact) mass is 471 g/mol. The molecular formula is C24H29N3O7. The van der Waals surface area contributed by atoms with E-state index in [4.69, 9.17) is 5.73 Å². The number of nitrogens with two attached hydrogens (primary N) is 1. The molecule has 0 bridgehead atoms. The number of phenolic OH excluding ortho intramolecular Hbond substituents is 1. The van der Waals surface area contributed by atoms with Crippen molar-refractivity contribution in [2.45, 2.75) is 31.4 Å². The number of nitrogens with zero attached hydrogens (tertiary/aromatic N) is 2. The lowest BCUT2D eigenvalue weighted by atomic mass is 9.58. The number of aliphatic hydroxyl groups excluding tert-OH is 2. The number of aromatic hydroxyl groups is 1. The highest BCUT2D eigenvalue weighted by molar-refractivity contribution is 6.24. The third-order valence-electron chi connectivity index (χ3n) is 7.37. The second kappa shape index (κ2) is 7.57. The summed E-state index contributed by atoms with van der Waals surface area (Å²) in [7, 11) is 6.82. The number of primary amides is 1. The van der Waals surface area contributed by atoms with Gasteiger partial charge in [0.2, 0.25) is 5.78 Å². The molecule has 182 valence electrons. The third-order valence-corrected chi connectivity index (χ3v) is 7.37. The molecule has 0 aliphatic heterocycles. The molecule has 0 heterocycles. The fourth-order valence-electron chi connectivity index (χ4n) is 5.83. The molecule has 10 heteroatoms. The van der Waals surface area contributed by atoms with E-state index >= 15 is 0 Å². The zero-order chi connectivity index (χ0) is 25.4. The second-order valence-electron chi connectivity index (χ2n) is 9.77. The highest BCUT2D eigenvalue weighted by Crippen LogP contribution is 2.53. The first-order valence-corrected chi connectivity index (χ1v) is 10.9. The number of hydrogen-bond donors (Lipinski definition) is 5. The van der Waals surface area contributed by atoms with Crippen LogP contribution in [0.3, 0.4) is 0 Å². The average Bonchev–Trinajstić information content (AvgIpc) is 2.72. The molecule has 1 aromatic carbocycles. The number of rotatable bonds is 3. The maximum atomic E-state index is 13.6. The van der Waals surface area contributed by atoms with Crippen LogP contribution in [-0.2, 0) is 16.0 Å². The summed E-state index contributed by atoms with van der Waals surface area (Å²) in [6, 6.07) is 0.764. The SMILES string of the molecule is Cc1cc(N(C)C)c2c(c1O)C(=O)C1=C(O)[C@]3(O)C(=O)C(C(N)=O)=C(O)[C@@H](N(C)C)[C@@H]3C[C@@H]1C2. The summed E-state index contributed by atoms with van der Waals surface area (Å²) in [5.74, 6) is -6.48. The molecule has 6 N–H and O–H groups in total. The summed E-state index contributed by atoms with van der Waals surface area (Å²) in [6.45, 7) is 1.65. The van der Waals surface area contributed by atoms with Crippen LogP contribution in [0.5, 0.6) is 5.75 Å². The molecule has 0 saturated heterocycles. The van der Waals surface area contributed by atoms with Crippen LogP contribution in [0.1, 0.15) is 27.9 Å². The lowest BCUT2D eigenvalue weighted by molar-refractivity contribution is -0.148. The Morgan fingerprint density at radius 1 is 1.15 bits per heavy atom. The molecule has 10 nitrogen and oxygen atoms in total. The van der Waals surface area contributed by atoms with Crippen molar-refractivity contribution in [3.63, 3.8) is 0 Å². The number of fused-ring (bicyclic) bond motifs is 3. The minimum absolute atomic E-state index is 0.0180. The Balaban J connectivity index is 2.00. The molecular weight excluding hydrogens is 442 g/mol. The minimum Gasteiger partial charge on any atom is -0.510 e. The zero-order valence-electron chi connectivity index (χ0n) is 19.7. The fourth-order valence-corrected chi connectivity index (χ4v) is 5.83. The van der Waals surface area contributed by atoms with Crippen LogP contribution in [0.15, 0.2) is 28.7 Å². The van der Waals surface area contributed by atoms with Crippen molar-refractivity contribution in [2.75, 3.05) is 33.1 Å². The number of ketones is 2. The molecule has 1 amide bonds. The molecule has 3 aliphatic rings. The van der Waals surface area contributed by atoms with Gasteiger partial charge in [0.05, 0.1) is 11.6 Å². The summed E-state index contributed by atoms with van der Waals surface area (Å²) in [4.78, 5) is 42.3. The van der Waals surface area contributed by atoms with E-state index < -0.39 is 58.0 Å². The van der Waals surface area contributed by atoms with Gasteiger partial charge < -0.3 is 31.1 Å². The highest BCUT2D eigenvalue weighted by atomic mass is 16.3. The summed E-state index contributed by atoms with van der Waals surface area (Å²) in [5, 5.41) is 44.4. The number of carbonyl (C=O) groups excluding carboxylic acids is 3. The van der Waals surface area contributed by atoms with E-state index in [9.17, 15) is 34.8 Å². The smallest absolute Gasteiger partial charge is 0.255 e. The molecule has 0 fully saturated rings. The minimum atomic E-state index is -2.63. The van der Waals surface area contributed by atoms with Crippen LogP contribution in [-0.4, -0.2) is 82.6 Å². The van der Waals surface area contributed by atoms with Crippen molar-refractivity contribution >= 4 is 23.2 Å². The lowest BCUT2D eigenvalue weighted by Gasteiger charge is -2.50. The van der Waals surface area contributed by atoms with Gasteiger partial charge in [-0.15, -0.1) is 0 Å². The molecule has 1 aromatic rings. The van der Waals surface area contributed by atoms with Gasteiger partial charge in [-0.25, -0.2) is 0 Å². The van der Waals surface area contributed by atoms with Gasteiger partial charge in [0.25, 0.3) is 5.91 Å². The first-order valence-electron chi connectivity index (χ1n) is 10.9. The number of amides is 1. The quantitative estimate of drug-likeness (QED) is 0.395. The van der Waals surface area contributed by atoms with Crippen molar-refractivity contribution in [2.24, 2.45) is 17.6 Å². The summed E-state index contributed by atoms with van der Waals surface area (Å²) in [5.41, 5.74) is 3.54. The van der Waals surface area contributed by atoms with Crippen LogP contribution >= 0.6 is 0 Å². The fraction of sp³-hybridized carbons (Fsp3) is 0.458. The van der Waals surface area contributed by atoms with Gasteiger partial charge in [-0.2, -0.15) is 0 Å².